The Labute approximate surface area is 127 Å². The smallest absolute Gasteiger partial charge is 0.255 e. The third kappa shape index (κ3) is 3.12. The molecule has 1 aliphatic heterocycles. The minimum atomic E-state index is -0.00103. The van der Waals surface area contributed by atoms with Crippen LogP contribution >= 0.6 is 27.5 Å². The molecular formula is C14H18BrClN2O. The lowest BCUT2D eigenvalue weighted by molar-refractivity contribution is 0.0311. The Morgan fingerprint density at radius 2 is 2.05 bits per heavy atom. The summed E-state index contributed by atoms with van der Waals surface area (Å²) < 4.78 is 0.790. The van der Waals surface area contributed by atoms with Gasteiger partial charge < -0.3 is 4.90 Å². The average Bonchev–Trinajstić information content (AvgIpc) is 2.35. The topological polar surface area (TPSA) is 23.6 Å². The quantitative estimate of drug-likeness (QED) is 0.780. The second-order valence-corrected chi connectivity index (χ2v) is 6.88. The van der Waals surface area contributed by atoms with Crippen LogP contribution in [0, 0.1) is 0 Å². The number of hydrogen-bond donors (Lipinski definition) is 0. The molecule has 1 aromatic carbocycles. The van der Waals surface area contributed by atoms with Crippen LogP contribution in [0.15, 0.2) is 22.7 Å². The highest BCUT2D eigenvalue weighted by atomic mass is 79.9. The van der Waals surface area contributed by atoms with Crippen LogP contribution in [0.1, 0.15) is 24.2 Å². The minimum absolute atomic E-state index is 0.00103. The summed E-state index contributed by atoms with van der Waals surface area (Å²) in [5, 5.41) is 0.583. The van der Waals surface area contributed by atoms with Crippen LogP contribution in [0.25, 0.3) is 0 Å². The molecule has 1 aromatic rings. The summed E-state index contributed by atoms with van der Waals surface area (Å²) in [6, 6.07) is 5.31. The van der Waals surface area contributed by atoms with Crippen LogP contribution < -0.4 is 0 Å². The van der Waals surface area contributed by atoms with Crippen LogP contribution in [0.3, 0.4) is 0 Å². The van der Waals surface area contributed by atoms with Crippen LogP contribution in [0.2, 0.25) is 5.02 Å². The van der Waals surface area contributed by atoms with Crippen molar-refractivity contribution in [3.8, 4) is 0 Å². The fourth-order valence-electron chi connectivity index (χ4n) is 2.25. The Bertz CT molecular complexity index is 504. The van der Waals surface area contributed by atoms with Gasteiger partial charge in [-0.2, -0.15) is 0 Å². The van der Waals surface area contributed by atoms with E-state index in [4.69, 9.17) is 11.6 Å². The highest BCUT2D eigenvalue weighted by Crippen LogP contribution is 2.25. The lowest BCUT2D eigenvalue weighted by Gasteiger charge is -2.45. The van der Waals surface area contributed by atoms with Crippen LogP contribution in [0.4, 0.5) is 0 Å². The molecule has 1 aliphatic rings. The van der Waals surface area contributed by atoms with Gasteiger partial charge in [-0.1, -0.05) is 11.6 Å². The van der Waals surface area contributed by atoms with E-state index in [-0.39, 0.29) is 11.4 Å². The molecule has 1 saturated heterocycles. The molecule has 0 saturated carbocycles. The zero-order valence-electron chi connectivity index (χ0n) is 11.4. The van der Waals surface area contributed by atoms with Crippen molar-refractivity contribution in [1.29, 1.82) is 0 Å². The maximum atomic E-state index is 12.6. The Kier molecular flexibility index (Phi) is 4.23. The Balaban J connectivity index is 2.23. The number of benzene rings is 1. The van der Waals surface area contributed by atoms with Gasteiger partial charge in [-0.3, -0.25) is 9.69 Å². The number of piperazine rings is 1. The van der Waals surface area contributed by atoms with Crippen molar-refractivity contribution >= 4 is 33.4 Å². The molecule has 0 unspecified atom stereocenters. The molecule has 0 N–H and O–H groups in total. The fraction of sp³-hybridized carbons (Fsp3) is 0.500. The van der Waals surface area contributed by atoms with E-state index in [2.05, 4.69) is 41.7 Å². The van der Waals surface area contributed by atoms with Crippen LogP contribution in [0.5, 0.6) is 0 Å². The highest BCUT2D eigenvalue weighted by molar-refractivity contribution is 9.10. The fourth-order valence-corrected chi connectivity index (χ4v) is 2.83. The van der Waals surface area contributed by atoms with E-state index in [0.29, 0.717) is 10.6 Å². The third-order valence-electron chi connectivity index (χ3n) is 3.76. The number of halogens is 2. The normalized spacial score (nSPS) is 19.5. The zero-order valence-corrected chi connectivity index (χ0v) is 13.8. The maximum absolute atomic E-state index is 12.6. The Morgan fingerprint density at radius 1 is 1.37 bits per heavy atom. The number of amides is 1. The molecule has 0 aliphatic carbocycles. The summed E-state index contributed by atoms with van der Waals surface area (Å²) in [5.41, 5.74) is 0.631. The Morgan fingerprint density at radius 3 is 2.68 bits per heavy atom. The number of carbonyl (C=O) groups excluding carboxylic acids is 1. The van der Waals surface area contributed by atoms with Gasteiger partial charge in [0.2, 0.25) is 0 Å². The van der Waals surface area contributed by atoms with Gasteiger partial charge in [-0.25, -0.2) is 0 Å². The van der Waals surface area contributed by atoms with E-state index in [0.717, 1.165) is 24.1 Å². The molecule has 1 heterocycles. The molecule has 0 spiro atoms. The van der Waals surface area contributed by atoms with E-state index in [1.54, 1.807) is 12.1 Å². The minimum Gasteiger partial charge on any atom is -0.335 e. The van der Waals surface area contributed by atoms with Crippen molar-refractivity contribution in [2.75, 3.05) is 26.7 Å². The third-order valence-corrected chi connectivity index (χ3v) is 4.69. The summed E-state index contributed by atoms with van der Waals surface area (Å²) in [4.78, 5) is 16.8. The summed E-state index contributed by atoms with van der Waals surface area (Å²) in [5.74, 6) is 0.0375. The SMILES string of the molecule is CN1CCN(C(=O)c2cc(Cl)ccc2Br)CC1(C)C. The van der Waals surface area contributed by atoms with Crippen molar-refractivity contribution in [3.63, 3.8) is 0 Å². The van der Waals surface area contributed by atoms with Crippen molar-refractivity contribution in [2.24, 2.45) is 0 Å². The van der Waals surface area contributed by atoms with Crippen LogP contribution in [-0.4, -0.2) is 47.9 Å². The van der Waals surface area contributed by atoms with E-state index in [1.165, 1.54) is 0 Å². The first-order valence-corrected chi connectivity index (χ1v) is 7.44. The lowest BCUT2D eigenvalue weighted by atomic mass is 9.99. The van der Waals surface area contributed by atoms with E-state index in [1.807, 2.05) is 11.0 Å². The largest absolute Gasteiger partial charge is 0.335 e. The average molecular weight is 346 g/mol. The summed E-state index contributed by atoms with van der Waals surface area (Å²) in [7, 11) is 2.09. The summed E-state index contributed by atoms with van der Waals surface area (Å²) in [6.45, 7) is 6.66. The standard InChI is InChI=1S/C14H18BrClN2O/c1-14(2)9-18(7-6-17(14)3)13(19)11-8-10(16)4-5-12(11)15/h4-5,8H,6-7,9H2,1-3H3. The number of rotatable bonds is 1. The molecule has 1 fully saturated rings. The lowest BCUT2D eigenvalue weighted by Crippen LogP contribution is -2.58. The zero-order chi connectivity index (χ0) is 14.2. The predicted octanol–water partition coefficient (Wildman–Crippen LogP) is 3.27. The van der Waals surface area contributed by atoms with Crippen molar-refractivity contribution in [3.05, 3.63) is 33.3 Å². The predicted molar refractivity (Wildman–Crippen MR) is 81.8 cm³/mol. The summed E-state index contributed by atoms with van der Waals surface area (Å²) >= 11 is 9.40. The second-order valence-electron chi connectivity index (χ2n) is 5.58. The monoisotopic (exact) mass is 344 g/mol. The van der Waals surface area contributed by atoms with Gasteiger partial charge >= 0.3 is 0 Å². The molecule has 0 radical (unpaired) electrons. The number of nitrogens with zero attached hydrogens (tertiary/aromatic N) is 2. The van der Waals surface area contributed by atoms with Crippen molar-refractivity contribution in [1.82, 2.24) is 9.80 Å². The van der Waals surface area contributed by atoms with Gasteiger partial charge in [-0.15, -0.1) is 0 Å². The highest BCUT2D eigenvalue weighted by Gasteiger charge is 2.33. The molecule has 5 heteroatoms. The van der Waals surface area contributed by atoms with Gasteiger partial charge in [-0.05, 0) is 55.0 Å². The molecule has 1 amide bonds. The summed E-state index contributed by atoms with van der Waals surface area (Å²) in [6.07, 6.45) is 0. The molecule has 2 rings (SSSR count). The van der Waals surface area contributed by atoms with Gasteiger partial charge in [0.05, 0.1) is 5.56 Å². The van der Waals surface area contributed by atoms with Crippen LogP contribution in [-0.2, 0) is 0 Å². The van der Waals surface area contributed by atoms with E-state index in [9.17, 15) is 4.79 Å². The number of likely N-dealkylation sites (N-methyl/N-ethyl adjacent to an activating group) is 1. The maximum Gasteiger partial charge on any atom is 0.255 e. The first-order chi connectivity index (χ1) is 8.81. The molecule has 0 atom stereocenters. The molecule has 0 bridgehead atoms. The number of hydrogen-bond acceptors (Lipinski definition) is 2. The first kappa shape index (κ1) is 14.8. The molecular weight excluding hydrogens is 328 g/mol. The van der Waals surface area contributed by atoms with Crippen molar-refractivity contribution < 1.29 is 4.79 Å². The van der Waals surface area contributed by atoms with Gasteiger partial charge in [0.15, 0.2) is 0 Å². The van der Waals surface area contributed by atoms with E-state index >= 15 is 0 Å². The van der Waals surface area contributed by atoms with Gasteiger partial charge in [0, 0.05) is 34.7 Å². The number of carbonyl (C=O) groups is 1. The Hall–Kier alpha value is -0.580. The molecule has 19 heavy (non-hydrogen) atoms. The second kappa shape index (κ2) is 5.43. The van der Waals surface area contributed by atoms with Crippen molar-refractivity contribution in [2.45, 2.75) is 19.4 Å². The molecule has 104 valence electrons. The molecule has 3 nitrogen and oxygen atoms in total. The first-order valence-electron chi connectivity index (χ1n) is 6.27. The van der Waals surface area contributed by atoms with Gasteiger partial charge in [0.1, 0.15) is 0 Å². The molecule has 0 aromatic heterocycles. The van der Waals surface area contributed by atoms with Gasteiger partial charge in [0.25, 0.3) is 5.91 Å². The van der Waals surface area contributed by atoms with E-state index < -0.39 is 0 Å².